The monoisotopic (exact) mass is 338 g/mol. The zero-order valence-electron chi connectivity index (χ0n) is 12.7. The van der Waals surface area contributed by atoms with Crippen molar-refractivity contribution >= 4 is 17.4 Å². The highest BCUT2D eigenvalue weighted by atomic mass is 35.5. The van der Waals surface area contributed by atoms with Crippen molar-refractivity contribution in [1.29, 1.82) is 0 Å². The van der Waals surface area contributed by atoms with E-state index in [1.807, 2.05) is 6.92 Å². The van der Waals surface area contributed by atoms with E-state index in [0.29, 0.717) is 35.3 Å². The van der Waals surface area contributed by atoms with E-state index in [9.17, 15) is 8.78 Å². The molecule has 0 amide bonds. The molecule has 23 heavy (non-hydrogen) atoms. The zero-order chi connectivity index (χ0) is 16.4. The summed E-state index contributed by atoms with van der Waals surface area (Å²) in [5.41, 5.74) is 1.36. The molecule has 0 radical (unpaired) electrons. The minimum Gasteiger partial charge on any atom is -0.367 e. The van der Waals surface area contributed by atoms with Gasteiger partial charge in [-0.25, -0.2) is 23.7 Å². The average molecular weight is 339 g/mol. The number of aryl methyl sites for hydroxylation is 1. The molecule has 0 spiro atoms. The van der Waals surface area contributed by atoms with Crippen molar-refractivity contribution in [3.8, 4) is 11.5 Å². The summed E-state index contributed by atoms with van der Waals surface area (Å²) < 4.78 is 26.5. The maximum Gasteiger partial charge on any atom is 0.248 e. The van der Waals surface area contributed by atoms with Gasteiger partial charge in [0, 0.05) is 30.6 Å². The Bertz CT molecular complexity index is 698. The highest BCUT2D eigenvalue weighted by Crippen LogP contribution is 2.34. The molecule has 1 N–H and O–H groups in total. The molecule has 2 aromatic heterocycles. The summed E-state index contributed by atoms with van der Waals surface area (Å²) in [5, 5.41) is 3.61. The average Bonchev–Trinajstić information content (AvgIpc) is 2.49. The molecule has 0 atom stereocenters. The van der Waals surface area contributed by atoms with Gasteiger partial charge in [0.05, 0.1) is 0 Å². The molecule has 0 unspecified atom stereocenters. The van der Waals surface area contributed by atoms with Gasteiger partial charge < -0.3 is 5.32 Å². The van der Waals surface area contributed by atoms with Crippen LogP contribution >= 0.6 is 11.6 Å². The molecular weight excluding hydrogens is 322 g/mol. The Morgan fingerprint density at radius 3 is 2.61 bits per heavy atom. The number of hydrogen-bond donors (Lipinski definition) is 1. The van der Waals surface area contributed by atoms with E-state index >= 15 is 0 Å². The van der Waals surface area contributed by atoms with Crippen LogP contribution < -0.4 is 5.32 Å². The van der Waals surface area contributed by atoms with Crippen LogP contribution in [0.15, 0.2) is 24.3 Å². The van der Waals surface area contributed by atoms with E-state index in [2.05, 4.69) is 20.3 Å². The Balaban J connectivity index is 1.78. The Morgan fingerprint density at radius 2 is 1.91 bits per heavy atom. The molecule has 0 aliphatic heterocycles. The second kappa shape index (κ2) is 6.35. The van der Waals surface area contributed by atoms with Crippen molar-refractivity contribution < 1.29 is 8.78 Å². The maximum absolute atomic E-state index is 13.2. The van der Waals surface area contributed by atoms with Crippen LogP contribution in [0.5, 0.6) is 0 Å². The number of nitrogens with one attached hydrogen (secondary N) is 1. The third-order valence-corrected chi connectivity index (χ3v) is 4.08. The minimum absolute atomic E-state index is 0.00379. The predicted octanol–water partition coefficient (Wildman–Crippen LogP) is 4.49. The van der Waals surface area contributed by atoms with E-state index in [1.165, 1.54) is 0 Å². The van der Waals surface area contributed by atoms with Crippen LogP contribution in [0.1, 0.15) is 31.4 Å². The lowest BCUT2D eigenvalue weighted by molar-refractivity contribution is -0.0361. The first-order valence-corrected chi connectivity index (χ1v) is 7.92. The Morgan fingerprint density at radius 1 is 1.17 bits per heavy atom. The molecule has 1 fully saturated rings. The third kappa shape index (κ3) is 4.13. The number of rotatable bonds is 3. The topological polar surface area (TPSA) is 50.7 Å². The van der Waals surface area contributed by atoms with Gasteiger partial charge in [-0.05, 0) is 31.9 Å². The van der Waals surface area contributed by atoms with Crippen molar-refractivity contribution in [2.75, 3.05) is 5.32 Å². The first-order chi connectivity index (χ1) is 10.9. The van der Waals surface area contributed by atoms with Gasteiger partial charge in [-0.3, -0.25) is 0 Å². The normalized spacial score (nSPS) is 17.9. The van der Waals surface area contributed by atoms with E-state index in [-0.39, 0.29) is 18.9 Å². The van der Waals surface area contributed by atoms with Gasteiger partial charge in [0.25, 0.3) is 0 Å². The largest absolute Gasteiger partial charge is 0.367 e. The molecule has 122 valence electrons. The first-order valence-electron chi connectivity index (χ1n) is 7.54. The molecule has 0 bridgehead atoms. The number of pyridine rings is 1. The van der Waals surface area contributed by atoms with Crippen LogP contribution in [0.25, 0.3) is 11.5 Å². The molecule has 7 heteroatoms. The number of anilines is 1. The van der Waals surface area contributed by atoms with Gasteiger partial charge in [-0.15, -0.1) is 0 Å². The standard InChI is InChI=1S/C16H17ClF2N4/c1-10-9-14(21-11-5-7-16(18,19)8-6-11)23-15(20-10)12-3-2-4-13(17)22-12/h2-4,9,11H,5-8H2,1H3,(H,20,21,23). The van der Waals surface area contributed by atoms with Gasteiger partial charge in [-0.2, -0.15) is 0 Å². The summed E-state index contributed by atoms with van der Waals surface area (Å²) in [6.07, 6.45) is 0.691. The SMILES string of the molecule is Cc1cc(NC2CCC(F)(F)CC2)nc(-c2cccc(Cl)n2)n1. The van der Waals surface area contributed by atoms with Crippen LogP contribution in [-0.2, 0) is 0 Å². The Hall–Kier alpha value is -1.82. The summed E-state index contributed by atoms with van der Waals surface area (Å²) in [6.45, 7) is 1.86. The van der Waals surface area contributed by atoms with E-state index in [1.54, 1.807) is 24.3 Å². The smallest absolute Gasteiger partial charge is 0.248 e. The fraction of sp³-hybridized carbons (Fsp3) is 0.438. The van der Waals surface area contributed by atoms with Gasteiger partial charge >= 0.3 is 0 Å². The van der Waals surface area contributed by atoms with Crippen LogP contribution in [0.4, 0.5) is 14.6 Å². The lowest BCUT2D eigenvalue weighted by atomic mass is 9.92. The molecule has 1 aliphatic carbocycles. The molecule has 4 nitrogen and oxygen atoms in total. The van der Waals surface area contributed by atoms with Crippen molar-refractivity contribution in [2.45, 2.75) is 44.6 Å². The summed E-state index contributed by atoms with van der Waals surface area (Å²) in [4.78, 5) is 13.0. The van der Waals surface area contributed by atoms with Crippen LogP contribution in [0, 0.1) is 6.92 Å². The van der Waals surface area contributed by atoms with Gasteiger partial charge in [-0.1, -0.05) is 17.7 Å². The summed E-state index contributed by atoms with van der Waals surface area (Å²) >= 11 is 5.90. The highest BCUT2D eigenvalue weighted by molar-refractivity contribution is 6.29. The number of hydrogen-bond acceptors (Lipinski definition) is 4. The summed E-state index contributed by atoms with van der Waals surface area (Å²) in [6, 6.07) is 7.06. The van der Waals surface area contributed by atoms with Gasteiger partial charge in [0.2, 0.25) is 5.92 Å². The second-order valence-corrected chi connectivity index (χ2v) is 6.23. The summed E-state index contributed by atoms with van der Waals surface area (Å²) in [7, 11) is 0. The number of nitrogens with zero attached hydrogens (tertiary/aromatic N) is 3. The van der Waals surface area contributed by atoms with Gasteiger partial charge in [0.1, 0.15) is 16.7 Å². The Labute approximate surface area is 138 Å². The van der Waals surface area contributed by atoms with Crippen molar-refractivity contribution in [3.05, 3.63) is 35.1 Å². The fourth-order valence-corrected chi connectivity index (χ4v) is 2.85. The van der Waals surface area contributed by atoms with Crippen LogP contribution in [-0.4, -0.2) is 26.9 Å². The maximum atomic E-state index is 13.2. The molecule has 1 saturated carbocycles. The molecular formula is C16H17ClF2N4. The highest BCUT2D eigenvalue weighted by Gasteiger charge is 2.34. The molecule has 0 aromatic carbocycles. The van der Waals surface area contributed by atoms with E-state index in [0.717, 1.165) is 5.69 Å². The summed E-state index contributed by atoms with van der Waals surface area (Å²) in [5.74, 6) is -1.43. The fourth-order valence-electron chi connectivity index (χ4n) is 2.68. The van der Waals surface area contributed by atoms with E-state index < -0.39 is 5.92 Å². The number of halogens is 3. The number of aromatic nitrogens is 3. The predicted molar refractivity (Wildman–Crippen MR) is 85.8 cm³/mol. The lowest BCUT2D eigenvalue weighted by Gasteiger charge is -2.29. The Kier molecular flexibility index (Phi) is 4.43. The van der Waals surface area contributed by atoms with Gasteiger partial charge in [0.15, 0.2) is 5.82 Å². The molecule has 2 heterocycles. The van der Waals surface area contributed by atoms with E-state index in [4.69, 9.17) is 11.6 Å². The van der Waals surface area contributed by atoms with Crippen LogP contribution in [0.3, 0.4) is 0 Å². The lowest BCUT2D eigenvalue weighted by Crippen LogP contribution is -2.32. The molecule has 3 rings (SSSR count). The van der Waals surface area contributed by atoms with Crippen molar-refractivity contribution in [2.24, 2.45) is 0 Å². The van der Waals surface area contributed by atoms with Crippen molar-refractivity contribution in [3.63, 3.8) is 0 Å². The number of alkyl halides is 2. The molecule has 1 aliphatic rings. The van der Waals surface area contributed by atoms with Crippen LogP contribution in [0.2, 0.25) is 5.15 Å². The first kappa shape index (κ1) is 16.1. The zero-order valence-corrected chi connectivity index (χ0v) is 13.4. The minimum atomic E-state index is -2.53. The quantitative estimate of drug-likeness (QED) is 0.838. The van der Waals surface area contributed by atoms with Crippen molar-refractivity contribution in [1.82, 2.24) is 15.0 Å². The second-order valence-electron chi connectivity index (χ2n) is 5.84. The molecule has 2 aromatic rings. The third-order valence-electron chi connectivity index (χ3n) is 3.87. The molecule has 0 saturated heterocycles.